The molecule has 1 radical (unpaired) electrons. The summed E-state index contributed by atoms with van der Waals surface area (Å²) in [4.78, 5) is 19.5. The predicted molar refractivity (Wildman–Crippen MR) is 38.5 cm³/mol. The summed E-state index contributed by atoms with van der Waals surface area (Å²) in [6, 6.07) is 0. The predicted octanol–water partition coefficient (Wildman–Crippen LogP) is 0.0549. The summed E-state index contributed by atoms with van der Waals surface area (Å²) in [5, 5.41) is 2.85. The number of rotatable bonds is 7. The maximum absolute atomic E-state index is 9.81. The zero-order valence-corrected chi connectivity index (χ0v) is 5.93. The van der Waals surface area contributed by atoms with E-state index in [0.717, 1.165) is 25.7 Å². The molecule has 1 N–H and O–H groups in total. The van der Waals surface area contributed by atoms with Gasteiger partial charge in [-0.15, -0.1) is 0 Å². The molecule has 0 aromatic heterocycles. The summed E-state index contributed by atoms with van der Waals surface area (Å²) in [5.74, 6) is 0. The minimum Gasteiger partial charge on any atom is -0.310 e. The fourth-order valence-corrected chi connectivity index (χ4v) is 0.617. The van der Waals surface area contributed by atoms with E-state index < -0.39 is 0 Å². The second kappa shape index (κ2) is 8.30. The second-order valence-corrected chi connectivity index (χ2v) is 1.98. The molecule has 3 heteroatoms. The molecule has 0 spiro atoms. The molecule has 0 amide bonds. The number of aldehydes is 1. The Bertz CT molecular complexity index is 81.6. The zero-order chi connectivity index (χ0) is 7.66. The van der Waals surface area contributed by atoms with E-state index >= 15 is 0 Å². The summed E-state index contributed by atoms with van der Waals surface area (Å²) in [6.07, 6.45) is 5.10. The van der Waals surface area contributed by atoms with Crippen LogP contribution in [0.1, 0.15) is 19.3 Å². The van der Waals surface area contributed by atoms with Crippen LogP contribution in [0.25, 0.3) is 0 Å². The molecule has 0 bridgehead atoms. The van der Waals surface area contributed by atoms with Crippen molar-refractivity contribution in [1.29, 1.82) is 0 Å². The van der Waals surface area contributed by atoms with E-state index in [0.29, 0.717) is 13.0 Å². The van der Waals surface area contributed by atoms with E-state index in [2.05, 4.69) is 5.32 Å². The molecule has 0 aromatic carbocycles. The third-order valence-corrected chi connectivity index (χ3v) is 1.12. The lowest BCUT2D eigenvalue weighted by Gasteiger charge is -1.96. The van der Waals surface area contributed by atoms with Crippen LogP contribution in [0.15, 0.2) is 0 Å². The van der Waals surface area contributed by atoms with Crippen molar-refractivity contribution in [3.63, 3.8) is 0 Å². The first kappa shape index (κ1) is 9.30. The van der Waals surface area contributed by atoms with Crippen LogP contribution in [-0.2, 0) is 9.59 Å². The summed E-state index contributed by atoms with van der Waals surface area (Å²) < 4.78 is 0. The van der Waals surface area contributed by atoms with Crippen LogP contribution < -0.4 is 5.32 Å². The largest absolute Gasteiger partial charge is 0.310 e. The summed E-state index contributed by atoms with van der Waals surface area (Å²) in [5.41, 5.74) is 0. The van der Waals surface area contributed by atoms with Crippen molar-refractivity contribution < 1.29 is 9.59 Å². The molecule has 0 aromatic rings. The van der Waals surface area contributed by atoms with E-state index in [1.807, 2.05) is 0 Å². The van der Waals surface area contributed by atoms with Gasteiger partial charge in [0, 0.05) is 6.42 Å². The van der Waals surface area contributed by atoms with Gasteiger partial charge in [-0.1, -0.05) is 0 Å². The fourth-order valence-electron chi connectivity index (χ4n) is 0.617. The zero-order valence-electron chi connectivity index (χ0n) is 5.93. The molecule has 0 fully saturated rings. The number of hydrogen-bond donors (Lipinski definition) is 1. The van der Waals surface area contributed by atoms with Gasteiger partial charge in [0.1, 0.15) is 6.29 Å². The minimum atomic E-state index is 0.293. The van der Waals surface area contributed by atoms with Crippen molar-refractivity contribution in [1.82, 2.24) is 5.32 Å². The minimum absolute atomic E-state index is 0.293. The molecular weight excluding hydrogens is 130 g/mol. The molecule has 0 aliphatic heterocycles. The van der Waals surface area contributed by atoms with Crippen molar-refractivity contribution in [2.45, 2.75) is 19.3 Å². The number of carbonyl (C=O) groups is 1. The summed E-state index contributed by atoms with van der Waals surface area (Å²) in [7, 11) is 0. The molecular formula is C7H12NO2. The highest BCUT2D eigenvalue weighted by Gasteiger charge is 1.86. The Labute approximate surface area is 60.8 Å². The van der Waals surface area contributed by atoms with Crippen molar-refractivity contribution in [3.8, 4) is 0 Å². The van der Waals surface area contributed by atoms with E-state index in [9.17, 15) is 9.59 Å². The van der Waals surface area contributed by atoms with Gasteiger partial charge in [0.2, 0.25) is 6.29 Å². The molecule has 0 saturated carbocycles. The van der Waals surface area contributed by atoms with Crippen LogP contribution in [0, 0.1) is 0 Å². The molecule has 0 unspecified atom stereocenters. The van der Waals surface area contributed by atoms with E-state index in [4.69, 9.17) is 0 Å². The van der Waals surface area contributed by atoms with Gasteiger partial charge >= 0.3 is 0 Å². The number of unbranched alkanes of at least 4 members (excludes halogenated alkanes) is 2. The second-order valence-electron chi connectivity index (χ2n) is 1.98. The highest BCUT2D eigenvalue weighted by molar-refractivity contribution is 5.52. The Kier molecular flexibility index (Phi) is 7.72. The lowest BCUT2D eigenvalue weighted by Crippen LogP contribution is -2.17. The highest BCUT2D eigenvalue weighted by Crippen LogP contribution is 1.88. The molecule has 0 saturated heterocycles. The Morgan fingerprint density at radius 2 is 2.20 bits per heavy atom. The first-order valence-corrected chi connectivity index (χ1v) is 3.41. The maximum atomic E-state index is 9.81. The van der Waals surface area contributed by atoms with Crippen LogP contribution in [0.4, 0.5) is 0 Å². The van der Waals surface area contributed by atoms with Gasteiger partial charge in [0.25, 0.3) is 0 Å². The van der Waals surface area contributed by atoms with Gasteiger partial charge < -0.3 is 10.1 Å². The van der Waals surface area contributed by atoms with Crippen molar-refractivity contribution in [2.75, 3.05) is 13.1 Å². The molecule has 10 heavy (non-hydrogen) atoms. The SMILES string of the molecule is O=[C]CNCCCCC=O. The van der Waals surface area contributed by atoms with Gasteiger partial charge in [0.05, 0.1) is 6.54 Å². The van der Waals surface area contributed by atoms with E-state index in [1.165, 1.54) is 0 Å². The average molecular weight is 142 g/mol. The molecule has 0 aliphatic carbocycles. The monoisotopic (exact) mass is 142 g/mol. The first-order chi connectivity index (χ1) is 4.91. The van der Waals surface area contributed by atoms with Crippen LogP contribution in [-0.4, -0.2) is 25.7 Å². The molecule has 0 aliphatic rings. The van der Waals surface area contributed by atoms with Gasteiger partial charge in [0.15, 0.2) is 0 Å². The lowest BCUT2D eigenvalue weighted by molar-refractivity contribution is -0.107. The maximum Gasteiger partial charge on any atom is 0.213 e. The number of nitrogens with one attached hydrogen (secondary N) is 1. The van der Waals surface area contributed by atoms with Crippen molar-refractivity contribution >= 4 is 12.6 Å². The van der Waals surface area contributed by atoms with Crippen LogP contribution >= 0.6 is 0 Å². The third kappa shape index (κ3) is 7.30. The number of hydrogen-bond acceptors (Lipinski definition) is 3. The topological polar surface area (TPSA) is 46.2 Å². The van der Waals surface area contributed by atoms with E-state index in [1.54, 1.807) is 6.29 Å². The fraction of sp³-hybridized carbons (Fsp3) is 0.714. The van der Waals surface area contributed by atoms with Gasteiger partial charge in [-0.2, -0.15) is 0 Å². The van der Waals surface area contributed by atoms with Crippen LogP contribution in [0.3, 0.4) is 0 Å². The van der Waals surface area contributed by atoms with Crippen molar-refractivity contribution in [2.24, 2.45) is 0 Å². The Hall–Kier alpha value is -0.700. The van der Waals surface area contributed by atoms with E-state index in [-0.39, 0.29) is 0 Å². The van der Waals surface area contributed by atoms with Crippen LogP contribution in [0.5, 0.6) is 0 Å². The smallest absolute Gasteiger partial charge is 0.213 e. The summed E-state index contributed by atoms with van der Waals surface area (Å²) >= 11 is 0. The van der Waals surface area contributed by atoms with Gasteiger partial charge in [-0.05, 0) is 19.4 Å². The van der Waals surface area contributed by atoms with Crippen LogP contribution in [0.2, 0.25) is 0 Å². The quantitative estimate of drug-likeness (QED) is 0.403. The Balaban J connectivity index is 2.76. The standard InChI is InChI=1S/C7H12NO2/c9-6-3-1-2-4-8-5-7-10/h6,8H,1-5H2. The lowest BCUT2D eigenvalue weighted by atomic mass is 10.2. The normalized spacial score (nSPS) is 9.20. The highest BCUT2D eigenvalue weighted by atomic mass is 16.1. The number of carbonyl (C=O) groups excluding carboxylic acids is 2. The third-order valence-electron chi connectivity index (χ3n) is 1.12. The summed E-state index contributed by atoms with van der Waals surface area (Å²) in [6.45, 7) is 1.09. The Morgan fingerprint density at radius 3 is 2.80 bits per heavy atom. The average Bonchev–Trinajstić information content (AvgIpc) is 1.97. The van der Waals surface area contributed by atoms with Gasteiger partial charge in [-0.25, -0.2) is 0 Å². The first-order valence-electron chi connectivity index (χ1n) is 3.41. The molecule has 57 valence electrons. The molecule has 0 heterocycles. The molecule has 3 nitrogen and oxygen atoms in total. The molecule has 0 atom stereocenters. The van der Waals surface area contributed by atoms with Gasteiger partial charge in [-0.3, -0.25) is 4.79 Å². The molecule has 0 rings (SSSR count). The Morgan fingerprint density at radius 1 is 1.40 bits per heavy atom. The van der Waals surface area contributed by atoms with Crippen molar-refractivity contribution in [3.05, 3.63) is 0 Å².